The van der Waals surface area contributed by atoms with Gasteiger partial charge in [-0.2, -0.15) is 0 Å². The maximum Gasteiger partial charge on any atom is 0.232 e. The first kappa shape index (κ1) is 14.4. The number of nitrogens with one attached hydrogen (secondary N) is 1. The molecule has 2 aromatic rings. The van der Waals surface area contributed by atoms with Gasteiger partial charge in [0.2, 0.25) is 5.91 Å². The third-order valence-corrected chi connectivity index (χ3v) is 3.87. The normalized spacial score (nSPS) is 16.5. The minimum Gasteiger partial charge on any atom is -0.323 e. The maximum absolute atomic E-state index is 13.6. The molecule has 1 N–H and O–H groups in total. The van der Waals surface area contributed by atoms with Gasteiger partial charge in [-0.3, -0.25) is 9.59 Å². The van der Waals surface area contributed by atoms with Crippen molar-refractivity contribution >= 4 is 17.4 Å². The summed E-state index contributed by atoms with van der Waals surface area (Å²) in [7, 11) is 0. The first-order valence-electron chi connectivity index (χ1n) is 6.86. The van der Waals surface area contributed by atoms with E-state index < -0.39 is 23.5 Å². The number of hydrogen-bond donors (Lipinski definition) is 1. The third-order valence-electron chi connectivity index (χ3n) is 3.87. The molecule has 0 spiro atoms. The number of Topliss-reactive ketones (excluding diaryl/α,β-unsaturated/α-hetero) is 1. The lowest BCUT2D eigenvalue weighted by Gasteiger charge is -2.14. The Labute approximate surface area is 126 Å². The molecule has 1 atom stereocenters. The van der Waals surface area contributed by atoms with Crippen molar-refractivity contribution in [3.63, 3.8) is 0 Å². The van der Waals surface area contributed by atoms with E-state index in [4.69, 9.17) is 0 Å². The second-order valence-corrected chi connectivity index (χ2v) is 5.33. The number of hydrogen-bond acceptors (Lipinski definition) is 2. The number of carbonyl (C=O) groups is 2. The first-order chi connectivity index (χ1) is 10.5. The van der Waals surface area contributed by atoms with Crippen molar-refractivity contribution in [1.82, 2.24) is 0 Å². The van der Waals surface area contributed by atoms with Crippen LogP contribution in [-0.4, -0.2) is 11.7 Å². The van der Waals surface area contributed by atoms with Gasteiger partial charge in [-0.05, 0) is 30.2 Å². The largest absolute Gasteiger partial charge is 0.323 e. The monoisotopic (exact) mass is 301 g/mol. The Balaban J connectivity index is 1.90. The van der Waals surface area contributed by atoms with E-state index in [2.05, 4.69) is 5.32 Å². The average molecular weight is 301 g/mol. The minimum absolute atomic E-state index is 0.0643. The Morgan fingerprint density at radius 3 is 2.73 bits per heavy atom. The predicted molar refractivity (Wildman–Crippen MR) is 77.9 cm³/mol. The molecule has 0 radical (unpaired) electrons. The zero-order valence-corrected chi connectivity index (χ0v) is 11.8. The Morgan fingerprint density at radius 2 is 2.00 bits per heavy atom. The van der Waals surface area contributed by atoms with Crippen LogP contribution in [0.1, 0.15) is 33.8 Å². The molecule has 3 rings (SSSR count). The first-order valence-corrected chi connectivity index (χ1v) is 6.86. The highest BCUT2D eigenvalue weighted by atomic mass is 19.1. The molecule has 112 valence electrons. The summed E-state index contributed by atoms with van der Waals surface area (Å²) in [4.78, 5) is 24.4. The summed E-state index contributed by atoms with van der Waals surface area (Å²) in [5.41, 5.74) is 1.98. The second-order valence-electron chi connectivity index (χ2n) is 5.33. The van der Waals surface area contributed by atoms with Crippen molar-refractivity contribution in [3.8, 4) is 0 Å². The fourth-order valence-electron chi connectivity index (χ4n) is 2.82. The number of rotatable bonds is 2. The SMILES string of the molecule is Cc1cccc2c1C(C(=O)Nc1ccc(F)cc1F)CC2=O. The van der Waals surface area contributed by atoms with Crippen LogP contribution >= 0.6 is 0 Å². The minimum atomic E-state index is -0.845. The van der Waals surface area contributed by atoms with Crippen molar-refractivity contribution in [2.45, 2.75) is 19.3 Å². The highest BCUT2D eigenvalue weighted by molar-refractivity contribution is 6.09. The van der Waals surface area contributed by atoms with Gasteiger partial charge in [-0.1, -0.05) is 18.2 Å². The van der Waals surface area contributed by atoms with Crippen LogP contribution in [0, 0.1) is 18.6 Å². The lowest BCUT2D eigenvalue weighted by atomic mass is 9.96. The highest BCUT2D eigenvalue weighted by Crippen LogP contribution is 2.36. The quantitative estimate of drug-likeness (QED) is 0.921. The van der Waals surface area contributed by atoms with Crippen molar-refractivity contribution in [3.05, 3.63) is 64.7 Å². The molecule has 0 aromatic heterocycles. The highest BCUT2D eigenvalue weighted by Gasteiger charge is 2.35. The molecule has 2 aromatic carbocycles. The Bertz CT molecular complexity index is 786. The Morgan fingerprint density at radius 1 is 1.23 bits per heavy atom. The van der Waals surface area contributed by atoms with Gasteiger partial charge >= 0.3 is 0 Å². The van der Waals surface area contributed by atoms with Crippen molar-refractivity contribution in [1.29, 1.82) is 0 Å². The average Bonchev–Trinajstić information content (AvgIpc) is 2.81. The van der Waals surface area contributed by atoms with Gasteiger partial charge in [0.15, 0.2) is 5.78 Å². The molecule has 0 bridgehead atoms. The van der Waals surface area contributed by atoms with Gasteiger partial charge in [-0.25, -0.2) is 8.78 Å². The van der Waals surface area contributed by atoms with Gasteiger partial charge in [0.25, 0.3) is 0 Å². The summed E-state index contributed by atoms with van der Waals surface area (Å²) in [6, 6.07) is 8.23. The van der Waals surface area contributed by atoms with E-state index in [0.29, 0.717) is 17.2 Å². The lowest BCUT2D eigenvalue weighted by Crippen LogP contribution is -2.21. The molecule has 0 saturated carbocycles. The van der Waals surface area contributed by atoms with Crippen LogP contribution in [0.4, 0.5) is 14.5 Å². The van der Waals surface area contributed by atoms with E-state index in [1.165, 1.54) is 0 Å². The maximum atomic E-state index is 13.6. The molecule has 1 amide bonds. The van der Waals surface area contributed by atoms with Crippen LogP contribution in [0.25, 0.3) is 0 Å². The summed E-state index contributed by atoms with van der Waals surface area (Å²) in [5.74, 6) is -2.77. The van der Waals surface area contributed by atoms with E-state index in [1.807, 2.05) is 13.0 Å². The summed E-state index contributed by atoms with van der Waals surface area (Å²) in [6.07, 6.45) is 0.0643. The molecule has 0 fully saturated rings. The van der Waals surface area contributed by atoms with Crippen LogP contribution in [0.15, 0.2) is 36.4 Å². The smallest absolute Gasteiger partial charge is 0.232 e. The summed E-state index contributed by atoms with van der Waals surface area (Å²) in [5, 5.41) is 2.44. The fourth-order valence-corrected chi connectivity index (χ4v) is 2.82. The molecular formula is C17H13F2NO2. The van der Waals surface area contributed by atoms with Crippen LogP contribution in [-0.2, 0) is 4.79 Å². The van der Waals surface area contributed by atoms with Crippen LogP contribution in [0.5, 0.6) is 0 Å². The van der Waals surface area contributed by atoms with E-state index in [-0.39, 0.29) is 17.9 Å². The Hall–Kier alpha value is -2.56. The number of fused-ring (bicyclic) bond motifs is 1. The topological polar surface area (TPSA) is 46.2 Å². The summed E-state index contributed by atoms with van der Waals surface area (Å²) >= 11 is 0. The van der Waals surface area contributed by atoms with E-state index in [1.54, 1.807) is 12.1 Å². The van der Waals surface area contributed by atoms with Gasteiger partial charge in [0.1, 0.15) is 11.6 Å². The number of halogens is 2. The molecule has 0 saturated heterocycles. The molecule has 22 heavy (non-hydrogen) atoms. The standard InChI is InChI=1S/C17H13F2NO2/c1-9-3-2-4-11-15(21)8-12(16(9)11)17(22)20-14-6-5-10(18)7-13(14)19/h2-7,12H,8H2,1H3,(H,20,22). The third kappa shape index (κ3) is 2.39. The number of anilines is 1. The van der Waals surface area contributed by atoms with E-state index in [0.717, 1.165) is 17.7 Å². The zero-order valence-electron chi connectivity index (χ0n) is 11.8. The lowest BCUT2D eigenvalue weighted by molar-refractivity contribution is -0.117. The van der Waals surface area contributed by atoms with Crippen LogP contribution in [0.3, 0.4) is 0 Å². The van der Waals surface area contributed by atoms with Gasteiger partial charge < -0.3 is 5.32 Å². The van der Waals surface area contributed by atoms with Gasteiger partial charge in [-0.15, -0.1) is 0 Å². The molecule has 1 aliphatic carbocycles. The van der Waals surface area contributed by atoms with Crippen LogP contribution < -0.4 is 5.32 Å². The number of ketones is 1. The van der Waals surface area contributed by atoms with Crippen molar-refractivity contribution in [2.75, 3.05) is 5.32 Å². The number of aryl methyl sites for hydroxylation is 1. The zero-order chi connectivity index (χ0) is 15.9. The van der Waals surface area contributed by atoms with Crippen molar-refractivity contribution in [2.24, 2.45) is 0 Å². The number of amides is 1. The second kappa shape index (κ2) is 5.33. The number of benzene rings is 2. The van der Waals surface area contributed by atoms with Gasteiger partial charge in [0.05, 0.1) is 11.6 Å². The van der Waals surface area contributed by atoms with Crippen molar-refractivity contribution < 1.29 is 18.4 Å². The van der Waals surface area contributed by atoms with E-state index in [9.17, 15) is 18.4 Å². The Kier molecular flexibility index (Phi) is 3.48. The summed E-state index contributed by atoms with van der Waals surface area (Å²) < 4.78 is 26.5. The molecule has 0 heterocycles. The molecule has 5 heteroatoms. The molecule has 3 nitrogen and oxygen atoms in total. The van der Waals surface area contributed by atoms with E-state index >= 15 is 0 Å². The van der Waals surface area contributed by atoms with Gasteiger partial charge in [0, 0.05) is 18.1 Å². The summed E-state index contributed by atoms with van der Waals surface area (Å²) in [6.45, 7) is 1.83. The molecule has 1 aliphatic rings. The fraction of sp³-hybridized carbons (Fsp3) is 0.176. The van der Waals surface area contributed by atoms with Crippen LogP contribution in [0.2, 0.25) is 0 Å². The number of carbonyl (C=O) groups excluding carboxylic acids is 2. The molecular weight excluding hydrogens is 288 g/mol. The molecule has 0 aliphatic heterocycles. The predicted octanol–water partition coefficient (Wildman–Crippen LogP) is 3.58. The molecule has 1 unspecified atom stereocenters.